The van der Waals surface area contributed by atoms with Crippen LogP contribution in [0, 0.1) is 5.92 Å². The maximum atomic E-state index is 12.5. The molecule has 1 aromatic heterocycles. The van der Waals surface area contributed by atoms with Crippen molar-refractivity contribution in [3.05, 3.63) is 21.9 Å². The Kier molecular flexibility index (Phi) is 5.17. The molecule has 0 aromatic carbocycles. The number of likely N-dealkylation sites (tertiary alicyclic amines) is 1. The van der Waals surface area contributed by atoms with Crippen LogP contribution in [0.3, 0.4) is 0 Å². The molecule has 0 radical (unpaired) electrons. The number of piperidine rings is 1. The molecular formula is C14H18Cl2N2O3. The number of ether oxygens (including phenoxy) is 1. The summed E-state index contributed by atoms with van der Waals surface area (Å²) < 4.78 is 6.59. The summed E-state index contributed by atoms with van der Waals surface area (Å²) >= 11 is 11.9. The van der Waals surface area contributed by atoms with Gasteiger partial charge < -0.3 is 14.2 Å². The van der Waals surface area contributed by atoms with E-state index in [-0.39, 0.29) is 17.8 Å². The van der Waals surface area contributed by atoms with Gasteiger partial charge in [-0.2, -0.15) is 0 Å². The summed E-state index contributed by atoms with van der Waals surface area (Å²) in [6.45, 7) is 3.12. The van der Waals surface area contributed by atoms with Gasteiger partial charge in [-0.3, -0.25) is 9.59 Å². The number of nitrogens with zero attached hydrogens (tertiary/aromatic N) is 2. The first kappa shape index (κ1) is 16.2. The second-order valence-corrected chi connectivity index (χ2v) is 5.83. The normalized spacial score (nSPS) is 18.7. The van der Waals surface area contributed by atoms with Crippen LogP contribution in [0.25, 0.3) is 0 Å². The number of hydrogen-bond donors (Lipinski definition) is 0. The minimum absolute atomic E-state index is 0.166. The highest BCUT2D eigenvalue weighted by Crippen LogP contribution is 2.27. The first-order valence-electron chi connectivity index (χ1n) is 6.92. The van der Waals surface area contributed by atoms with Crippen LogP contribution in [0.5, 0.6) is 0 Å². The predicted molar refractivity (Wildman–Crippen MR) is 80.7 cm³/mol. The summed E-state index contributed by atoms with van der Waals surface area (Å²) in [6, 6.07) is 1.56. The zero-order valence-corrected chi connectivity index (χ0v) is 13.6. The largest absolute Gasteiger partial charge is 0.466 e. The molecule has 1 unspecified atom stereocenters. The van der Waals surface area contributed by atoms with E-state index in [4.69, 9.17) is 27.9 Å². The standard InChI is InChI=1S/C14H18Cl2N2O3/c1-3-21-14(20)9-5-4-6-18(8-9)13(19)11-7-10(15)12(16)17(11)2/h7,9H,3-6,8H2,1-2H3. The smallest absolute Gasteiger partial charge is 0.310 e. The van der Waals surface area contributed by atoms with Crippen LogP contribution in [0.1, 0.15) is 30.3 Å². The topological polar surface area (TPSA) is 51.5 Å². The molecule has 1 aromatic rings. The van der Waals surface area contributed by atoms with Gasteiger partial charge in [0.2, 0.25) is 0 Å². The third-order valence-corrected chi connectivity index (χ3v) is 4.51. The Morgan fingerprint density at radius 3 is 2.71 bits per heavy atom. The average Bonchev–Trinajstić information content (AvgIpc) is 2.74. The van der Waals surface area contributed by atoms with Crippen LogP contribution in [0.4, 0.5) is 0 Å². The van der Waals surface area contributed by atoms with E-state index >= 15 is 0 Å². The fourth-order valence-corrected chi connectivity index (χ4v) is 2.90. The zero-order chi connectivity index (χ0) is 15.6. The van der Waals surface area contributed by atoms with Crippen molar-refractivity contribution in [2.75, 3.05) is 19.7 Å². The van der Waals surface area contributed by atoms with Crippen LogP contribution < -0.4 is 0 Å². The lowest BCUT2D eigenvalue weighted by Gasteiger charge is -2.31. The van der Waals surface area contributed by atoms with Crippen molar-refractivity contribution in [1.29, 1.82) is 0 Å². The Labute approximate surface area is 133 Å². The molecular weight excluding hydrogens is 315 g/mol. The molecule has 1 aliphatic rings. The number of aromatic nitrogens is 1. The summed E-state index contributed by atoms with van der Waals surface area (Å²) in [5, 5.41) is 0.681. The lowest BCUT2D eigenvalue weighted by Crippen LogP contribution is -2.43. The molecule has 7 heteroatoms. The Hall–Kier alpha value is -1.20. The van der Waals surface area contributed by atoms with Gasteiger partial charge in [0, 0.05) is 20.1 Å². The number of esters is 1. The van der Waals surface area contributed by atoms with Gasteiger partial charge in [0.1, 0.15) is 10.8 Å². The van der Waals surface area contributed by atoms with E-state index in [0.29, 0.717) is 35.6 Å². The minimum Gasteiger partial charge on any atom is -0.466 e. The molecule has 5 nitrogen and oxygen atoms in total. The summed E-state index contributed by atoms with van der Waals surface area (Å²) in [7, 11) is 1.69. The van der Waals surface area contributed by atoms with Crippen molar-refractivity contribution in [2.24, 2.45) is 13.0 Å². The van der Waals surface area contributed by atoms with Crippen LogP contribution in [-0.2, 0) is 16.6 Å². The molecule has 2 rings (SSSR count). The summed E-state index contributed by atoms with van der Waals surface area (Å²) in [6.07, 6.45) is 1.53. The van der Waals surface area contributed by atoms with E-state index in [1.165, 1.54) is 0 Å². The molecule has 1 atom stereocenters. The minimum atomic E-state index is -0.256. The van der Waals surface area contributed by atoms with E-state index in [2.05, 4.69) is 0 Å². The Bertz CT molecular complexity index is 557. The molecule has 21 heavy (non-hydrogen) atoms. The van der Waals surface area contributed by atoms with Crippen molar-refractivity contribution in [2.45, 2.75) is 19.8 Å². The van der Waals surface area contributed by atoms with Gasteiger partial charge in [-0.05, 0) is 25.8 Å². The SMILES string of the molecule is CCOC(=O)C1CCCN(C(=O)c2cc(Cl)c(Cl)n2C)C1. The molecule has 1 amide bonds. The van der Waals surface area contributed by atoms with E-state index < -0.39 is 0 Å². The third kappa shape index (κ3) is 3.35. The summed E-state index contributed by atoms with van der Waals surface area (Å²) in [5.74, 6) is -0.660. The fourth-order valence-electron chi connectivity index (χ4n) is 2.52. The highest BCUT2D eigenvalue weighted by Gasteiger charge is 2.31. The van der Waals surface area contributed by atoms with Crippen molar-refractivity contribution in [3.8, 4) is 0 Å². The van der Waals surface area contributed by atoms with Crippen LogP contribution >= 0.6 is 23.2 Å². The van der Waals surface area contributed by atoms with Crippen LogP contribution in [0.2, 0.25) is 10.2 Å². The van der Waals surface area contributed by atoms with Gasteiger partial charge in [0.05, 0.1) is 17.5 Å². The highest BCUT2D eigenvalue weighted by atomic mass is 35.5. The average molecular weight is 333 g/mol. The quantitative estimate of drug-likeness (QED) is 0.799. The molecule has 0 saturated carbocycles. The molecule has 1 saturated heterocycles. The van der Waals surface area contributed by atoms with Gasteiger partial charge in [-0.25, -0.2) is 0 Å². The van der Waals surface area contributed by atoms with Gasteiger partial charge in [-0.15, -0.1) is 0 Å². The third-order valence-electron chi connectivity index (χ3n) is 3.66. The van der Waals surface area contributed by atoms with Gasteiger partial charge in [0.25, 0.3) is 5.91 Å². The second kappa shape index (κ2) is 6.71. The maximum absolute atomic E-state index is 12.5. The van der Waals surface area contributed by atoms with Gasteiger partial charge in [-0.1, -0.05) is 23.2 Å². The van der Waals surface area contributed by atoms with Crippen molar-refractivity contribution in [3.63, 3.8) is 0 Å². The van der Waals surface area contributed by atoms with Crippen LogP contribution in [0.15, 0.2) is 6.07 Å². The summed E-state index contributed by atoms with van der Waals surface area (Å²) in [4.78, 5) is 26.0. The number of carbonyl (C=O) groups excluding carboxylic acids is 2. The van der Waals surface area contributed by atoms with Crippen LogP contribution in [-0.4, -0.2) is 41.0 Å². The molecule has 0 N–H and O–H groups in total. The molecule has 0 bridgehead atoms. The Balaban J connectivity index is 2.12. The number of amides is 1. The maximum Gasteiger partial charge on any atom is 0.310 e. The molecule has 0 spiro atoms. The molecule has 1 fully saturated rings. The number of rotatable bonds is 3. The monoisotopic (exact) mass is 332 g/mol. The van der Waals surface area contributed by atoms with Gasteiger partial charge in [0.15, 0.2) is 0 Å². The Morgan fingerprint density at radius 1 is 1.43 bits per heavy atom. The Morgan fingerprint density at radius 2 is 2.14 bits per heavy atom. The zero-order valence-electron chi connectivity index (χ0n) is 12.1. The molecule has 1 aliphatic heterocycles. The van der Waals surface area contributed by atoms with Crippen molar-refractivity contribution < 1.29 is 14.3 Å². The van der Waals surface area contributed by atoms with Crippen molar-refractivity contribution >= 4 is 35.1 Å². The predicted octanol–water partition coefficient (Wildman–Crippen LogP) is 2.75. The first-order valence-corrected chi connectivity index (χ1v) is 7.68. The van der Waals surface area contributed by atoms with E-state index in [1.807, 2.05) is 0 Å². The highest BCUT2D eigenvalue weighted by molar-refractivity contribution is 6.41. The second-order valence-electron chi connectivity index (χ2n) is 5.07. The van der Waals surface area contributed by atoms with E-state index in [9.17, 15) is 9.59 Å². The lowest BCUT2D eigenvalue weighted by molar-refractivity contribution is -0.149. The fraction of sp³-hybridized carbons (Fsp3) is 0.571. The number of halogens is 2. The first-order chi connectivity index (χ1) is 9.95. The van der Waals surface area contributed by atoms with Gasteiger partial charge >= 0.3 is 5.97 Å². The molecule has 2 heterocycles. The molecule has 0 aliphatic carbocycles. The lowest BCUT2D eigenvalue weighted by atomic mass is 9.98. The van der Waals surface area contributed by atoms with E-state index in [1.54, 1.807) is 29.5 Å². The number of hydrogen-bond acceptors (Lipinski definition) is 3. The number of carbonyl (C=O) groups is 2. The van der Waals surface area contributed by atoms with E-state index in [0.717, 1.165) is 12.8 Å². The molecule has 116 valence electrons. The summed E-state index contributed by atoms with van der Waals surface area (Å²) in [5.41, 5.74) is 0.425. The van der Waals surface area contributed by atoms with Crippen molar-refractivity contribution in [1.82, 2.24) is 9.47 Å².